The number of amides is 1. The number of hydrogen-bond donors (Lipinski definition) is 4. The Hall–Kier alpha value is -3.96. The Labute approximate surface area is 178 Å². The lowest BCUT2D eigenvalue weighted by atomic mass is 9.98. The number of pyridine rings is 2. The van der Waals surface area contributed by atoms with E-state index in [0.717, 1.165) is 27.8 Å². The maximum atomic E-state index is 12.3. The van der Waals surface area contributed by atoms with Crippen molar-refractivity contribution in [3.05, 3.63) is 53.9 Å². The average molecular weight is 412 g/mol. The van der Waals surface area contributed by atoms with Gasteiger partial charge in [0.1, 0.15) is 17.7 Å². The lowest BCUT2D eigenvalue weighted by molar-refractivity contribution is -0.117. The van der Waals surface area contributed by atoms with E-state index in [0.29, 0.717) is 34.8 Å². The molecule has 1 aliphatic heterocycles. The number of hydrogen-bond acceptors (Lipinski definition) is 7. The molecule has 2 aliphatic rings. The molecule has 8 heteroatoms. The number of nitrogens with zero attached hydrogens (tertiary/aromatic N) is 3. The van der Waals surface area contributed by atoms with Gasteiger partial charge in [-0.25, -0.2) is 9.97 Å². The van der Waals surface area contributed by atoms with Gasteiger partial charge in [0.25, 0.3) is 0 Å². The number of carbonyl (C=O) groups excluding carboxylic acids is 1. The molecule has 31 heavy (non-hydrogen) atoms. The molecule has 0 saturated heterocycles. The van der Waals surface area contributed by atoms with Crippen LogP contribution in [0.5, 0.6) is 0 Å². The minimum Gasteiger partial charge on any atom is -0.383 e. The van der Waals surface area contributed by atoms with Gasteiger partial charge in [-0.1, -0.05) is 6.58 Å². The molecule has 5 N–H and O–H groups in total. The molecule has 1 amide bonds. The van der Waals surface area contributed by atoms with Gasteiger partial charge < -0.3 is 21.5 Å². The summed E-state index contributed by atoms with van der Waals surface area (Å²) in [5.41, 5.74) is 10.8. The highest BCUT2D eigenvalue weighted by molar-refractivity contribution is 5.98. The van der Waals surface area contributed by atoms with Crippen molar-refractivity contribution < 1.29 is 9.90 Å². The van der Waals surface area contributed by atoms with Crippen LogP contribution in [0, 0.1) is 30.1 Å². The van der Waals surface area contributed by atoms with E-state index in [1.807, 2.05) is 25.1 Å². The summed E-state index contributed by atoms with van der Waals surface area (Å²) < 4.78 is 0. The smallest absolute Gasteiger partial charge is 0.230 e. The SMILES string of the molecule is C=C1Nc2cc(C)c(-c3cc4cc(NC(=O)[C@@H]5C[C@H]5C#N)ncc4c(N)n3)cc2C1O. The van der Waals surface area contributed by atoms with Gasteiger partial charge in [0.05, 0.1) is 23.6 Å². The Kier molecular flexibility index (Phi) is 4.17. The highest BCUT2D eigenvalue weighted by Crippen LogP contribution is 2.41. The highest BCUT2D eigenvalue weighted by Gasteiger charge is 2.43. The molecule has 1 saturated carbocycles. The summed E-state index contributed by atoms with van der Waals surface area (Å²) in [6, 6.07) is 9.60. The number of nitrogens with two attached hydrogens (primary N) is 1. The number of aromatic nitrogens is 2. The van der Waals surface area contributed by atoms with Crippen LogP contribution in [0.3, 0.4) is 0 Å². The fraction of sp³-hybridized carbons (Fsp3) is 0.217. The first-order chi connectivity index (χ1) is 14.9. The first-order valence-electron chi connectivity index (χ1n) is 9.91. The van der Waals surface area contributed by atoms with Crippen LogP contribution in [0.25, 0.3) is 22.0 Å². The summed E-state index contributed by atoms with van der Waals surface area (Å²) in [6.45, 7) is 5.81. The van der Waals surface area contributed by atoms with Gasteiger partial charge in [-0.3, -0.25) is 4.79 Å². The lowest BCUT2D eigenvalue weighted by Crippen LogP contribution is -2.15. The van der Waals surface area contributed by atoms with E-state index < -0.39 is 6.10 Å². The van der Waals surface area contributed by atoms with E-state index in [1.165, 1.54) is 0 Å². The normalized spacial score (nSPS) is 21.3. The van der Waals surface area contributed by atoms with Crippen molar-refractivity contribution in [2.24, 2.45) is 11.8 Å². The molecule has 154 valence electrons. The van der Waals surface area contributed by atoms with Crippen LogP contribution < -0.4 is 16.4 Å². The number of nitrogens with one attached hydrogen (secondary N) is 2. The van der Waals surface area contributed by atoms with Crippen molar-refractivity contribution in [1.82, 2.24) is 9.97 Å². The van der Waals surface area contributed by atoms with E-state index in [9.17, 15) is 9.90 Å². The van der Waals surface area contributed by atoms with Crippen LogP contribution in [-0.4, -0.2) is 21.0 Å². The largest absolute Gasteiger partial charge is 0.383 e. The third kappa shape index (κ3) is 3.16. The quantitative estimate of drug-likeness (QED) is 0.518. The van der Waals surface area contributed by atoms with Crippen molar-refractivity contribution in [1.29, 1.82) is 5.26 Å². The lowest BCUT2D eigenvalue weighted by Gasteiger charge is -2.12. The maximum absolute atomic E-state index is 12.3. The summed E-state index contributed by atoms with van der Waals surface area (Å²) in [4.78, 5) is 21.1. The molecule has 1 fully saturated rings. The first kappa shape index (κ1) is 19.0. The number of anilines is 3. The number of aryl methyl sites for hydroxylation is 1. The monoisotopic (exact) mass is 412 g/mol. The molecular formula is C23H20N6O2. The molecule has 0 radical (unpaired) electrons. The first-order valence-corrected chi connectivity index (χ1v) is 9.91. The molecule has 8 nitrogen and oxygen atoms in total. The van der Waals surface area contributed by atoms with Gasteiger partial charge >= 0.3 is 0 Å². The van der Waals surface area contributed by atoms with Crippen molar-refractivity contribution in [2.75, 3.05) is 16.4 Å². The predicted octanol–water partition coefficient (Wildman–Crippen LogP) is 3.26. The summed E-state index contributed by atoms with van der Waals surface area (Å²) in [6.07, 6.45) is 1.39. The third-order valence-corrected chi connectivity index (χ3v) is 5.88. The van der Waals surface area contributed by atoms with Gasteiger partial charge in [-0.2, -0.15) is 5.26 Å². The Morgan fingerprint density at radius 3 is 2.94 bits per heavy atom. The molecule has 1 unspecified atom stereocenters. The van der Waals surface area contributed by atoms with E-state index in [1.54, 1.807) is 12.3 Å². The molecular weight excluding hydrogens is 392 g/mol. The number of carbonyl (C=O) groups is 1. The van der Waals surface area contributed by atoms with Gasteiger partial charge in [-0.05, 0) is 48.6 Å². The average Bonchev–Trinajstić information content (AvgIpc) is 3.48. The topological polar surface area (TPSA) is 137 Å². The van der Waals surface area contributed by atoms with Gasteiger partial charge in [-0.15, -0.1) is 0 Å². The second-order valence-electron chi connectivity index (χ2n) is 8.06. The van der Waals surface area contributed by atoms with E-state index in [-0.39, 0.29) is 17.7 Å². The van der Waals surface area contributed by atoms with Crippen molar-refractivity contribution in [3.8, 4) is 17.3 Å². The zero-order chi connectivity index (χ0) is 21.9. The predicted molar refractivity (Wildman–Crippen MR) is 118 cm³/mol. The number of nitrogen functional groups attached to an aromatic ring is 1. The minimum atomic E-state index is -0.780. The number of nitriles is 1. The zero-order valence-corrected chi connectivity index (χ0v) is 16.8. The number of rotatable bonds is 3. The fourth-order valence-electron chi connectivity index (χ4n) is 3.99. The molecule has 0 bridgehead atoms. The highest BCUT2D eigenvalue weighted by atomic mass is 16.3. The molecule has 1 aliphatic carbocycles. The van der Waals surface area contributed by atoms with Gasteiger partial charge in [0.15, 0.2) is 0 Å². The van der Waals surface area contributed by atoms with E-state index in [2.05, 4.69) is 33.2 Å². The molecule has 3 atom stereocenters. The Balaban J connectivity index is 1.53. The van der Waals surface area contributed by atoms with E-state index >= 15 is 0 Å². The van der Waals surface area contributed by atoms with Crippen molar-refractivity contribution in [3.63, 3.8) is 0 Å². The minimum absolute atomic E-state index is 0.197. The van der Waals surface area contributed by atoms with Crippen LogP contribution in [0.2, 0.25) is 0 Å². The second-order valence-corrected chi connectivity index (χ2v) is 8.06. The molecule has 0 spiro atoms. The van der Waals surface area contributed by atoms with Crippen LogP contribution >= 0.6 is 0 Å². The van der Waals surface area contributed by atoms with Crippen LogP contribution in [0.4, 0.5) is 17.3 Å². The second kappa shape index (κ2) is 6.79. The van der Waals surface area contributed by atoms with Crippen molar-refractivity contribution in [2.45, 2.75) is 19.4 Å². The Morgan fingerprint density at radius 1 is 1.39 bits per heavy atom. The summed E-state index contributed by atoms with van der Waals surface area (Å²) >= 11 is 0. The van der Waals surface area contributed by atoms with Crippen LogP contribution in [-0.2, 0) is 4.79 Å². The van der Waals surface area contributed by atoms with Crippen molar-refractivity contribution >= 4 is 34.0 Å². The fourth-order valence-corrected chi connectivity index (χ4v) is 3.99. The zero-order valence-electron chi connectivity index (χ0n) is 16.8. The van der Waals surface area contributed by atoms with Gasteiger partial charge in [0, 0.05) is 34.1 Å². The number of benzene rings is 1. The van der Waals surface area contributed by atoms with E-state index in [4.69, 9.17) is 11.0 Å². The van der Waals surface area contributed by atoms with Crippen LogP contribution in [0.15, 0.2) is 42.7 Å². The molecule has 5 rings (SSSR count). The van der Waals surface area contributed by atoms with Crippen LogP contribution in [0.1, 0.15) is 23.7 Å². The Morgan fingerprint density at radius 2 is 2.19 bits per heavy atom. The summed E-state index contributed by atoms with van der Waals surface area (Å²) in [5.74, 6) is 0.0451. The standard InChI is InChI=1S/C23H20N6O2/c1-10-3-18-16(21(30)11(2)27-18)7-14(10)19-5-12-6-20(26-9-17(12)22(25)28-19)29-23(31)15-4-13(15)8-24/h3,5-7,9,13,15,21,27,30H,2,4H2,1H3,(H2,25,28)(H,26,29,31)/t13-,15+,21?/m0/s1. The number of aliphatic hydroxyl groups excluding tert-OH is 1. The molecule has 2 aromatic heterocycles. The number of aliphatic hydroxyl groups is 1. The Bertz CT molecular complexity index is 1330. The maximum Gasteiger partial charge on any atom is 0.230 e. The summed E-state index contributed by atoms with van der Waals surface area (Å²) in [5, 5.41) is 26.6. The third-order valence-electron chi connectivity index (χ3n) is 5.88. The molecule has 3 heterocycles. The molecule has 1 aromatic carbocycles. The molecule has 3 aromatic rings. The summed E-state index contributed by atoms with van der Waals surface area (Å²) in [7, 11) is 0. The number of fused-ring (bicyclic) bond motifs is 2. The van der Waals surface area contributed by atoms with Gasteiger partial charge in [0.2, 0.25) is 5.91 Å².